The average Bonchev–Trinajstić information content (AvgIpc) is 2.69. The number of pyridine rings is 1. The molecule has 2 aromatic heterocycles. The van der Waals surface area contributed by atoms with Gasteiger partial charge in [0.25, 0.3) is 0 Å². The number of carbonyl (C=O) groups is 1. The maximum atomic E-state index is 12.8. The van der Waals surface area contributed by atoms with E-state index in [1.165, 1.54) is 24.7 Å². The Balaban J connectivity index is 2.59. The van der Waals surface area contributed by atoms with Crippen LogP contribution < -0.4 is 0 Å². The molecule has 0 spiro atoms. The quantitative estimate of drug-likeness (QED) is 0.796. The van der Waals surface area contributed by atoms with Gasteiger partial charge in [-0.2, -0.15) is 18.3 Å². The molecule has 0 unspecified atom stereocenters. The number of Topliss-reactive ketones (excluding diaryl/α,β-unsaturated/α-hetero) is 1. The molecule has 0 fully saturated rings. The number of ketones is 1. The first-order chi connectivity index (χ1) is 9.20. The standard InChI is InChI=1S/C13H12F3N3O/c1-7-4-10(13(14,15)16)5-12(18-7)19-8(2)11(6-17-19)9(3)20/h4-6H,1-3H3. The van der Waals surface area contributed by atoms with E-state index in [0.717, 1.165) is 12.1 Å². The predicted octanol–water partition coefficient (Wildman–Crippen LogP) is 3.11. The van der Waals surface area contributed by atoms with Crippen molar-refractivity contribution in [3.8, 4) is 5.82 Å². The molecule has 106 valence electrons. The van der Waals surface area contributed by atoms with Gasteiger partial charge in [0.05, 0.1) is 23.0 Å². The maximum Gasteiger partial charge on any atom is 0.416 e. The van der Waals surface area contributed by atoms with E-state index >= 15 is 0 Å². The summed E-state index contributed by atoms with van der Waals surface area (Å²) in [6.07, 6.45) is -3.12. The molecule has 2 heterocycles. The van der Waals surface area contributed by atoms with Gasteiger partial charge in [-0.15, -0.1) is 0 Å². The van der Waals surface area contributed by atoms with E-state index in [1.54, 1.807) is 6.92 Å². The molecular weight excluding hydrogens is 271 g/mol. The third-order valence-electron chi connectivity index (χ3n) is 2.87. The van der Waals surface area contributed by atoms with E-state index in [9.17, 15) is 18.0 Å². The maximum absolute atomic E-state index is 12.8. The largest absolute Gasteiger partial charge is 0.416 e. The minimum Gasteiger partial charge on any atom is -0.294 e. The van der Waals surface area contributed by atoms with Crippen molar-refractivity contribution in [2.24, 2.45) is 0 Å². The second-order valence-corrected chi connectivity index (χ2v) is 4.46. The molecule has 20 heavy (non-hydrogen) atoms. The summed E-state index contributed by atoms with van der Waals surface area (Å²) in [5, 5.41) is 3.94. The molecule has 2 rings (SSSR count). The Morgan fingerprint density at radius 2 is 1.90 bits per heavy atom. The first-order valence-electron chi connectivity index (χ1n) is 5.82. The van der Waals surface area contributed by atoms with Crippen LogP contribution in [-0.2, 0) is 6.18 Å². The summed E-state index contributed by atoms with van der Waals surface area (Å²) in [5.41, 5.74) is 0.263. The fourth-order valence-electron chi connectivity index (χ4n) is 1.91. The Kier molecular flexibility index (Phi) is 3.37. The summed E-state index contributed by atoms with van der Waals surface area (Å²) in [7, 11) is 0. The van der Waals surface area contributed by atoms with Crippen molar-refractivity contribution in [1.29, 1.82) is 0 Å². The summed E-state index contributed by atoms with van der Waals surface area (Å²) < 4.78 is 39.6. The van der Waals surface area contributed by atoms with Gasteiger partial charge in [0.2, 0.25) is 0 Å². The van der Waals surface area contributed by atoms with Crippen LogP contribution in [0.15, 0.2) is 18.3 Å². The Labute approximate surface area is 113 Å². The number of halogens is 3. The average molecular weight is 283 g/mol. The molecule has 4 nitrogen and oxygen atoms in total. The fourth-order valence-corrected chi connectivity index (χ4v) is 1.91. The number of aromatic nitrogens is 3. The zero-order chi connectivity index (χ0) is 15.1. The Morgan fingerprint density at radius 1 is 1.25 bits per heavy atom. The zero-order valence-corrected chi connectivity index (χ0v) is 11.1. The van der Waals surface area contributed by atoms with Gasteiger partial charge in [0, 0.05) is 5.69 Å². The second-order valence-electron chi connectivity index (χ2n) is 4.46. The molecule has 2 aromatic rings. The van der Waals surface area contributed by atoms with Crippen LogP contribution in [0, 0.1) is 13.8 Å². The molecule has 0 atom stereocenters. The lowest BCUT2D eigenvalue weighted by molar-refractivity contribution is -0.137. The van der Waals surface area contributed by atoms with Crippen LogP contribution in [-0.4, -0.2) is 20.5 Å². The van der Waals surface area contributed by atoms with Crippen LogP contribution in [0.4, 0.5) is 13.2 Å². The number of carbonyl (C=O) groups excluding carboxylic acids is 1. The Bertz CT molecular complexity index is 674. The third-order valence-corrected chi connectivity index (χ3v) is 2.87. The summed E-state index contributed by atoms with van der Waals surface area (Å²) in [6, 6.07) is 1.88. The van der Waals surface area contributed by atoms with Gasteiger partial charge in [0.1, 0.15) is 0 Å². The highest BCUT2D eigenvalue weighted by molar-refractivity contribution is 5.94. The van der Waals surface area contributed by atoms with Gasteiger partial charge in [0.15, 0.2) is 11.6 Å². The van der Waals surface area contributed by atoms with E-state index in [4.69, 9.17) is 0 Å². The predicted molar refractivity (Wildman–Crippen MR) is 65.8 cm³/mol. The van der Waals surface area contributed by atoms with Crippen LogP contribution in [0.5, 0.6) is 0 Å². The topological polar surface area (TPSA) is 47.8 Å². The van der Waals surface area contributed by atoms with Crippen molar-refractivity contribution < 1.29 is 18.0 Å². The van der Waals surface area contributed by atoms with Crippen molar-refractivity contribution in [3.05, 3.63) is 40.8 Å². The zero-order valence-electron chi connectivity index (χ0n) is 11.1. The second kappa shape index (κ2) is 4.73. The van der Waals surface area contributed by atoms with Gasteiger partial charge < -0.3 is 0 Å². The van der Waals surface area contributed by atoms with E-state index in [2.05, 4.69) is 10.1 Å². The molecule has 0 N–H and O–H groups in total. The molecule has 0 saturated carbocycles. The third kappa shape index (κ3) is 2.56. The fraction of sp³-hybridized carbons (Fsp3) is 0.308. The minimum absolute atomic E-state index is 0.0438. The van der Waals surface area contributed by atoms with Crippen LogP contribution >= 0.6 is 0 Å². The lowest BCUT2D eigenvalue weighted by Crippen LogP contribution is -2.10. The smallest absolute Gasteiger partial charge is 0.294 e. The number of nitrogens with zero attached hydrogens (tertiary/aromatic N) is 3. The van der Waals surface area contributed by atoms with E-state index in [-0.39, 0.29) is 17.3 Å². The lowest BCUT2D eigenvalue weighted by atomic mass is 10.2. The molecule has 0 amide bonds. The van der Waals surface area contributed by atoms with Gasteiger partial charge >= 0.3 is 6.18 Å². The van der Waals surface area contributed by atoms with Crippen LogP contribution in [0.3, 0.4) is 0 Å². The molecule has 0 aliphatic heterocycles. The normalized spacial score (nSPS) is 11.7. The number of hydrogen-bond acceptors (Lipinski definition) is 3. The van der Waals surface area contributed by atoms with E-state index in [1.807, 2.05) is 0 Å². The summed E-state index contributed by atoms with van der Waals surface area (Å²) in [6.45, 7) is 4.46. The SMILES string of the molecule is CC(=O)c1cnn(-c2cc(C(F)(F)F)cc(C)n2)c1C. The Morgan fingerprint density at radius 3 is 2.40 bits per heavy atom. The molecule has 0 aromatic carbocycles. The molecular formula is C13H12F3N3O. The monoisotopic (exact) mass is 283 g/mol. The minimum atomic E-state index is -4.45. The highest BCUT2D eigenvalue weighted by atomic mass is 19.4. The number of rotatable bonds is 2. The van der Waals surface area contributed by atoms with Crippen molar-refractivity contribution >= 4 is 5.78 Å². The summed E-state index contributed by atoms with van der Waals surface area (Å²) in [4.78, 5) is 15.4. The van der Waals surface area contributed by atoms with Gasteiger partial charge in [-0.3, -0.25) is 4.79 Å². The molecule has 0 bridgehead atoms. The van der Waals surface area contributed by atoms with E-state index < -0.39 is 11.7 Å². The van der Waals surface area contributed by atoms with Crippen molar-refractivity contribution in [2.45, 2.75) is 26.9 Å². The number of aryl methyl sites for hydroxylation is 1. The first-order valence-corrected chi connectivity index (χ1v) is 5.82. The number of alkyl halides is 3. The molecule has 0 aliphatic carbocycles. The van der Waals surface area contributed by atoms with Crippen LogP contribution in [0.25, 0.3) is 5.82 Å². The highest BCUT2D eigenvalue weighted by Crippen LogP contribution is 2.30. The van der Waals surface area contributed by atoms with Crippen molar-refractivity contribution in [1.82, 2.24) is 14.8 Å². The van der Waals surface area contributed by atoms with E-state index in [0.29, 0.717) is 11.3 Å². The van der Waals surface area contributed by atoms with Crippen molar-refractivity contribution in [3.63, 3.8) is 0 Å². The Hall–Kier alpha value is -2.18. The molecule has 7 heteroatoms. The first kappa shape index (κ1) is 14.2. The molecule has 0 radical (unpaired) electrons. The van der Waals surface area contributed by atoms with Crippen LogP contribution in [0.2, 0.25) is 0 Å². The molecule has 0 aliphatic rings. The lowest BCUT2D eigenvalue weighted by Gasteiger charge is -2.11. The van der Waals surface area contributed by atoms with Gasteiger partial charge in [-0.05, 0) is 32.9 Å². The van der Waals surface area contributed by atoms with Crippen LogP contribution in [0.1, 0.15) is 34.2 Å². The summed E-state index contributed by atoms with van der Waals surface area (Å²) >= 11 is 0. The van der Waals surface area contributed by atoms with Crippen molar-refractivity contribution in [2.75, 3.05) is 0 Å². The molecule has 0 saturated heterocycles. The van der Waals surface area contributed by atoms with Gasteiger partial charge in [-0.25, -0.2) is 9.67 Å². The highest BCUT2D eigenvalue weighted by Gasteiger charge is 2.31. The summed E-state index contributed by atoms with van der Waals surface area (Å²) in [5.74, 6) is -0.153. The van der Waals surface area contributed by atoms with Gasteiger partial charge in [-0.1, -0.05) is 0 Å². The number of hydrogen-bond donors (Lipinski definition) is 0.